The molecule has 0 saturated heterocycles. The third kappa shape index (κ3) is 164. The van der Waals surface area contributed by atoms with E-state index in [2.05, 4.69) is 27.7 Å². The highest BCUT2D eigenvalue weighted by molar-refractivity contribution is 4.20. The van der Waals surface area contributed by atoms with E-state index in [0.717, 1.165) is 25.6 Å². The van der Waals surface area contributed by atoms with E-state index in [9.17, 15) is 0 Å². The normalized spacial score (nSPS) is 7.29. The van der Waals surface area contributed by atoms with Crippen molar-refractivity contribution >= 4 is 0 Å². The van der Waals surface area contributed by atoms with Crippen LogP contribution in [0.15, 0.2) is 0 Å². The molecule has 0 aliphatic rings. The molecule has 0 radical (unpaired) electrons. The Morgan fingerprint density at radius 1 is 0.857 bits per heavy atom. The molecule has 1 heteroatoms. The highest BCUT2D eigenvalue weighted by atomic mass is 16.5. The molecule has 1 nitrogen and oxygen atoms in total. The number of hydrogen-bond donors (Lipinski definition) is 0. The number of ether oxygens (including phenoxy) is 1. The van der Waals surface area contributed by atoms with Crippen LogP contribution in [0.1, 0.15) is 68.7 Å². The molecule has 0 spiro atoms. The van der Waals surface area contributed by atoms with Crippen molar-refractivity contribution in [3.63, 3.8) is 0 Å². The lowest BCUT2D eigenvalue weighted by Gasteiger charge is -1.91. The molecule has 0 heterocycles. The first-order valence-corrected chi connectivity index (χ1v) is 6.22. The highest BCUT2D eigenvalue weighted by Gasteiger charge is 1.72. The van der Waals surface area contributed by atoms with E-state index in [1.54, 1.807) is 0 Å². The lowest BCUT2D eigenvalue weighted by Crippen LogP contribution is -1.88. The van der Waals surface area contributed by atoms with Crippen LogP contribution in [-0.2, 0) is 4.74 Å². The minimum atomic E-state index is 0.833. The fourth-order valence-corrected chi connectivity index (χ4v) is 0.289. The monoisotopic (exact) mass is 206 g/mol. The summed E-state index contributed by atoms with van der Waals surface area (Å²) in [5.41, 5.74) is 0. The fourth-order valence-electron chi connectivity index (χ4n) is 0.289. The average molecular weight is 206 g/mol. The quantitative estimate of drug-likeness (QED) is 0.580. The van der Waals surface area contributed by atoms with Crippen molar-refractivity contribution in [2.45, 2.75) is 68.7 Å². The van der Waals surface area contributed by atoms with Gasteiger partial charge in [-0.3, -0.25) is 0 Å². The summed E-state index contributed by atoms with van der Waals surface area (Å²) in [5.74, 6) is 0.833. The van der Waals surface area contributed by atoms with Crippen molar-refractivity contribution in [3.05, 3.63) is 0 Å². The van der Waals surface area contributed by atoms with E-state index in [1.807, 2.05) is 34.6 Å². The Hall–Kier alpha value is -0.0400. The molecule has 0 unspecified atom stereocenters. The first kappa shape index (κ1) is 23.6. The van der Waals surface area contributed by atoms with Gasteiger partial charge in [0.05, 0.1) is 0 Å². The van der Waals surface area contributed by atoms with E-state index in [-0.39, 0.29) is 0 Å². The molecule has 0 rings (SSSR count). The summed E-state index contributed by atoms with van der Waals surface area (Å²) < 4.78 is 4.98. The van der Waals surface area contributed by atoms with Crippen LogP contribution in [-0.4, -0.2) is 13.2 Å². The van der Waals surface area contributed by atoms with E-state index in [4.69, 9.17) is 4.74 Å². The summed E-state index contributed by atoms with van der Waals surface area (Å²) in [6.07, 6.45) is 1.13. The van der Waals surface area contributed by atoms with E-state index < -0.39 is 0 Å². The van der Waals surface area contributed by atoms with Gasteiger partial charge in [0.25, 0.3) is 0 Å². The molecule has 0 fully saturated rings. The molecule has 0 aliphatic heterocycles. The minimum Gasteiger partial charge on any atom is -0.382 e. The van der Waals surface area contributed by atoms with Crippen LogP contribution in [0.5, 0.6) is 0 Å². The van der Waals surface area contributed by atoms with Crippen LogP contribution in [0.25, 0.3) is 0 Å². The van der Waals surface area contributed by atoms with Crippen LogP contribution in [0.2, 0.25) is 0 Å². The average Bonchev–Trinajstić information content (AvgIpc) is 2.20. The third-order valence-electron chi connectivity index (χ3n) is 0.553. The predicted molar refractivity (Wildman–Crippen MR) is 70.0 cm³/mol. The van der Waals surface area contributed by atoms with Crippen molar-refractivity contribution in [3.8, 4) is 0 Å². The standard InChI is InChI=1S/C5H12O.C4H10.2C2H6/c1-3-5-6-4-2;1-4(2)3;2*1-2/h3-5H2,1-2H3;4H,1-3H3;2*1-2H3. The van der Waals surface area contributed by atoms with Gasteiger partial charge >= 0.3 is 0 Å². The zero-order valence-electron chi connectivity index (χ0n) is 12.1. The van der Waals surface area contributed by atoms with E-state index in [1.165, 1.54) is 0 Å². The molecule has 0 saturated carbocycles. The Balaban J connectivity index is -0.0000000546. The van der Waals surface area contributed by atoms with Gasteiger partial charge < -0.3 is 4.74 Å². The van der Waals surface area contributed by atoms with Gasteiger partial charge in [0.1, 0.15) is 0 Å². The van der Waals surface area contributed by atoms with Crippen LogP contribution in [0.3, 0.4) is 0 Å². The Bertz CT molecular complexity index is 35.7. The second-order valence-electron chi connectivity index (χ2n) is 2.93. The van der Waals surface area contributed by atoms with Crippen molar-refractivity contribution in [1.82, 2.24) is 0 Å². The van der Waals surface area contributed by atoms with Crippen molar-refractivity contribution in [2.75, 3.05) is 13.2 Å². The van der Waals surface area contributed by atoms with Crippen LogP contribution in [0.4, 0.5) is 0 Å². The van der Waals surface area contributed by atoms with Crippen LogP contribution in [0, 0.1) is 5.92 Å². The van der Waals surface area contributed by atoms with Gasteiger partial charge in [-0.1, -0.05) is 55.4 Å². The molecule has 0 bridgehead atoms. The van der Waals surface area contributed by atoms with Gasteiger partial charge in [0.2, 0.25) is 0 Å². The van der Waals surface area contributed by atoms with Crippen molar-refractivity contribution in [1.29, 1.82) is 0 Å². The molecule has 14 heavy (non-hydrogen) atoms. The number of hydrogen-bond acceptors (Lipinski definition) is 1. The maximum absolute atomic E-state index is 4.98. The van der Waals surface area contributed by atoms with Gasteiger partial charge in [-0.25, -0.2) is 0 Å². The van der Waals surface area contributed by atoms with Crippen LogP contribution < -0.4 is 0 Å². The predicted octanol–water partition coefficient (Wildman–Crippen LogP) is 5.15. The zero-order valence-corrected chi connectivity index (χ0v) is 12.1. The molecule has 0 atom stereocenters. The SMILES string of the molecule is CC.CC.CC(C)C.CCCOCC. The van der Waals surface area contributed by atoms with Gasteiger partial charge in [0.15, 0.2) is 0 Å². The molecular weight excluding hydrogens is 172 g/mol. The summed E-state index contributed by atoms with van der Waals surface area (Å²) in [5, 5.41) is 0. The van der Waals surface area contributed by atoms with Crippen molar-refractivity contribution < 1.29 is 4.74 Å². The van der Waals surface area contributed by atoms with E-state index in [0.29, 0.717) is 0 Å². The fraction of sp³-hybridized carbons (Fsp3) is 1.00. The molecule has 0 aliphatic carbocycles. The van der Waals surface area contributed by atoms with Gasteiger partial charge in [-0.2, -0.15) is 0 Å². The Morgan fingerprint density at radius 2 is 1.14 bits per heavy atom. The molecule has 0 N–H and O–H groups in total. The smallest absolute Gasteiger partial charge is 0.0463 e. The first-order valence-electron chi connectivity index (χ1n) is 6.22. The maximum atomic E-state index is 4.98. The molecule has 92 valence electrons. The highest BCUT2D eigenvalue weighted by Crippen LogP contribution is 1.81. The molecule has 0 amide bonds. The topological polar surface area (TPSA) is 9.23 Å². The lowest BCUT2D eigenvalue weighted by atomic mass is 10.3. The largest absolute Gasteiger partial charge is 0.382 e. The summed E-state index contributed by atoms with van der Waals surface area (Å²) in [6, 6.07) is 0. The Kier molecular flexibility index (Phi) is 64.6. The summed E-state index contributed by atoms with van der Waals surface area (Å²) in [6.45, 7) is 20.4. The third-order valence-corrected chi connectivity index (χ3v) is 0.553. The second-order valence-corrected chi connectivity index (χ2v) is 2.93. The molecule has 0 aromatic heterocycles. The van der Waals surface area contributed by atoms with Gasteiger partial charge in [-0.15, -0.1) is 0 Å². The first-order chi connectivity index (χ1) is 6.65. The van der Waals surface area contributed by atoms with Crippen molar-refractivity contribution in [2.24, 2.45) is 5.92 Å². The summed E-state index contributed by atoms with van der Waals surface area (Å²) >= 11 is 0. The van der Waals surface area contributed by atoms with Crippen LogP contribution >= 0.6 is 0 Å². The molecule has 0 aromatic carbocycles. The Morgan fingerprint density at radius 3 is 1.21 bits per heavy atom. The maximum Gasteiger partial charge on any atom is 0.0463 e. The summed E-state index contributed by atoms with van der Waals surface area (Å²) in [7, 11) is 0. The van der Waals surface area contributed by atoms with E-state index >= 15 is 0 Å². The lowest BCUT2D eigenvalue weighted by molar-refractivity contribution is 0.148. The molecule has 0 aromatic rings. The molecular formula is C13H34O. The number of rotatable bonds is 3. The Labute approximate surface area is 93.2 Å². The van der Waals surface area contributed by atoms with Gasteiger partial charge in [0, 0.05) is 13.2 Å². The second kappa shape index (κ2) is 38.3. The zero-order chi connectivity index (χ0) is 12.4. The summed E-state index contributed by atoms with van der Waals surface area (Å²) in [4.78, 5) is 0. The minimum absolute atomic E-state index is 0.833. The van der Waals surface area contributed by atoms with Gasteiger partial charge in [-0.05, 0) is 19.3 Å².